The Morgan fingerprint density at radius 3 is 2.29 bits per heavy atom. The zero-order chi connectivity index (χ0) is 15.4. The Morgan fingerprint density at radius 2 is 1.71 bits per heavy atom. The lowest BCUT2D eigenvalue weighted by atomic mass is 10.1. The number of nitrogens with zero attached hydrogens (tertiary/aromatic N) is 1. The van der Waals surface area contributed by atoms with Crippen molar-refractivity contribution in [2.24, 2.45) is 0 Å². The van der Waals surface area contributed by atoms with Crippen LogP contribution in [0.5, 0.6) is 0 Å². The molecule has 0 spiro atoms. The third kappa shape index (κ3) is 4.51. The highest BCUT2D eigenvalue weighted by atomic mass is 79.9. The average Bonchev–Trinajstić information content (AvgIpc) is 2.44. The Balaban J connectivity index is 1.98. The molecule has 0 aliphatic carbocycles. The minimum Gasteiger partial charge on any atom is -0.372 e. The zero-order valence-corrected chi connectivity index (χ0v) is 13.7. The Labute approximate surface area is 132 Å². The first-order valence-electron chi connectivity index (χ1n) is 6.88. The van der Waals surface area contributed by atoms with E-state index in [9.17, 15) is 9.59 Å². The molecule has 1 aromatic carbocycles. The summed E-state index contributed by atoms with van der Waals surface area (Å²) in [6.07, 6.45) is 2.72. The fraction of sp³-hybridized carbons (Fsp3) is 0.375. The van der Waals surface area contributed by atoms with Crippen LogP contribution < -0.4 is 0 Å². The molecule has 1 heterocycles. The van der Waals surface area contributed by atoms with Gasteiger partial charge in [0, 0.05) is 29.2 Å². The van der Waals surface area contributed by atoms with E-state index in [1.807, 2.05) is 13.8 Å². The Morgan fingerprint density at radius 1 is 1.14 bits per heavy atom. The van der Waals surface area contributed by atoms with E-state index in [0.29, 0.717) is 18.7 Å². The number of carbonyl (C=O) groups is 2. The number of benzene rings is 1. The van der Waals surface area contributed by atoms with E-state index >= 15 is 0 Å². The quantitative estimate of drug-likeness (QED) is 0.621. The second-order valence-electron chi connectivity index (χ2n) is 5.21. The second-order valence-corrected chi connectivity index (χ2v) is 6.12. The number of hydrogen-bond donors (Lipinski definition) is 0. The van der Waals surface area contributed by atoms with Crippen molar-refractivity contribution in [3.8, 4) is 0 Å². The fourth-order valence-corrected chi connectivity index (χ4v) is 2.58. The van der Waals surface area contributed by atoms with Gasteiger partial charge >= 0.3 is 0 Å². The molecule has 0 bridgehead atoms. The van der Waals surface area contributed by atoms with Gasteiger partial charge in [0.15, 0.2) is 5.78 Å². The van der Waals surface area contributed by atoms with E-state index in [-0.39, 0.29) is 23.9 Å². The van der Waals surface area contributed by atoms with E-state index in [2.05, 4.69) is 15.9 Å². The largest absolute Gasteiger partial charge is 0.372 e. The molecule has 1 saturated heterocycles. The lowest BCUT2D eigenvalue weighted by molar-refractivity contribution is -0.138. The molecule has 2 atom stereocenters. The summed E-state index contributed by atoms with van der Waals surface area (Å²) in [4.78, 5) is 25.8. The first-order chi connectivity index (χ1) is 9.95. The fourth-order valence-electron chi connectivity index (χ4n) is 2.32. The first-order valence-corrected chi connectivity index (χ1v) is 7.67. The molecule has 2 unspecified atom stereocenters. The van der Waals surface area contributed by atoms with Gasteiger partial charge in [-0.1, -0.05) is 15.9 Å². The summed E-state index contributed by atoms with van der Waals surface area (Å²) in [5, 5.41) is 0. The van der Waals surface area contributed by atoms with Crippen LogP contribution in [0.1, 0.15) is 24.2 Å². The van der Waals surface area contributed by atoms with E-state index < -0.39 is 0 Å². The van der Waals surface area contributed by atoms with Crippen molar-refractivity contribution in [2.75, 3.05) is 13.1 Å². The van der Waals surface area contributed by atoms with Crippen molar-refractivity contribution in [2.45, 2.75) is 26.1 Å². The predicted octanol–water partition coefficient (Wildman–Crippen LogP) is 2.82. The van der Waals surface area contributed by atoms with Gasteiger partial charge < -0.3 is 9.64 Å². The summed E-state index contributed by atoms with van der Waals surface area (Å²) in [5.74, 6) is -0.326. The van der Waals surface area contributed by atoms with E-state index in [1.165, 1.54) is 12.2 Å². The zero-order valence-electron chi connectivity index (χ0n) is 12.1. The Kier molecular flexibility index (Phi) is 5.31. The van der Waals surface area contributed by atoms with Crippen LogP contribution in [0.3, 0.4) is 0 Å². The van der Waals surface area contributed by atoms with E-state index in [1.54, 1.807) is 29.2 Å². The molecule has 4 nitrogen and oxygen atoms in total. The number of morpholine rings is 1. The van der Waals surface area contributed by atoms with Crippen LogP contribution in [0.25, 0.3) is 0 Å². The van der Waals surface area contributed by atoms with Gasteiger partial charge in [-0.25, -0.2) is 0 Å². The van der Waals surface area contributed by atoms with Gasteiger partial charge in [0.2, 0.25) is 5.91 Å². The lowest BCUT2D eigenvalue weighted by Gasteiger charge is -2.34. The Bertz CT molecular complexity index is 543. The van der Waals surface area contributed by atoms with Crippen LogP contribution in [0.15, 0.2) is 40.9 Å². The highest BCUT2D eigenvalue weighted by Gasteiger charge is 2.24. The average molecular weight is 352 g/mol. The third-order valence-electron chi connectivity index (χ3n) is 3.24. The molecular weight excluding hydrogens is 334 g/mol. The highest BCUT2D eigenvalue weighted by Crippen LogP contribution is 2.13. The van der Waals surface area contributed by atoms with Crippen LogP contribution in [0, 0.1) is 0 Å². The number of carbonyl (C=O) groups excluding carboxylic acids is 2. The summed E-state index contributed by atoms with van der Waals surface area (Å²) < 4.78 is 6.50. The summed E-state index contributed by atoms with van der Waals surface area (Å²) in [6.45, 7) is 4.99. The molecule has 0 saturated carbocycles. The van der Waals surface area contributed by atoms with Gasteiger partial charge in [-0.05, 0) is 44.2 Å². The molecule has 5 heteroatoms. The number of ether oxygens (including phenoxy) is 1. The van der Waals surface area contributed by atoms with Crippen LogP contribution in [0.2, 0.25) is 0 Å². The van der Waals surface area contributed by atoms with Crippen LogP contribution in [-0.4, -0.2) is 41.9 Å². The number of halogens is 1. The number of hydrogen-bond acceptors (Lipinski definition) is 3. The van der Waals surface area contributed by atoms with Crippen molar-refractivity contribution >= 4 is 27.6 Å². The molecular formula is C16H18BrNO3. The Hall–Kier alpha value is -1.46. The monoisotopic (exact) mass is 351 g/mol. The molecule has 112 valence electrons. The number of allylic oxidation sites excluding steroid dienone is 1. The van der Waals surface area contributed by atoms with Crippen molar-refractivity contribution in [1.82, 2.24) is 4.90 Å². The molecule has 0 aromatic heterocycles. The summed E-state index contributed by atoms with van der Waals surface area (Å²) in [5.41, 5.74) is 0.561. The molecule has 2 rings (SSSR count). The molecule has 1 aliphatic heterocycles. The van der Waals surface area contributed by atoms with Crippen molar-refractivity contribution in [3.05, 3.63) is 46.5 Å². The van der Waals surface area contributed by atoms with Gasteiger partial charge in [-0.15, -0.1) is 0 Å². The standard InChI is InChI=1S/C16H18BrNO3/c1-11-9-18(10-12(2)21-11)16(20)8-7-15(19)13-3-5-14(17)6-4-13/h3-8,11-12H,9-10H2,1-2H3/b8-7+. The predicted molar refractivity (Wildman–Crippen MR) is 84.2 cm³/mol. The maximum atomic E-state index is 12.1. The normalized spacial score (nSPS) is 22.5. The molecule has 1 fully saturated rings. The van der Waals surface area contributed by atoms with Gasteiger partial charge in [-0.3, -0.25) is 9.59 Å². The van der Waals surface area contributed by atoms with Gasteiger partial charge in [0.05, 0.1) is 12.2 Å². The van der Waals surface area contributed by atoms with Gasteiger partial charge in [0.25, 0.3) is 0 Å². The number of rotatable bonds is 3. The van der Waals surface area contributed by atoms with E-state index in [4.69, 9.17) is 4.74 Å². The highest BCUT2D eigenvalue weighted by molar-refractivity contribution is 9.10. The van der Waals surface area contributed by atoms with Gasteiger partial charge in [-0.2, -0.15) is 0 Å². The second kappa shape index (κ2) is 7.00. The number of ketones is 1. The van der Waals surface area contributed by atoms with Crippen LogP contribution >= 0.6 is 15.9 Å². The topological polar surface area (TPSA) is 46.6 Å². The minimum atomic E-state index is -0.176. The molecule has 21 heavy (non-hydrogen) atoms. The first kappa shape index (κ1) is 15.9. The maximum Gasteiger partial charge on any atom is 0.246 e. The van der Waals surface area contributed by atoms with Crippen LogP contribution in [-0.2, 0) is 9.53 Å². The number of amides is 1. The third-order valence-corrected chi connectivity index (χ3v) is 3.77. The van der Waals surface area contributed by atoms with Crippen molar-refractivity contribution in [1.29, 1.82) is 0 Å². The maximum absolute atomic E-state index is 12.1. The molecule has 0 radical (unpaired) electrons. The van der Waals surface area contributed by atoms with E-state index in [0.717, 1.165) is 4.47 Å². The lowest BCUT2D eigenvalue weighted by Crippen LogP contribution is -2.47. The summed E-state index contributed by atoms with van der Waals surface area (Å²) in [6, 6.07) is 7.04. The summed E-state index contributed by atoms with van der Waals surface area (Å²) >= 11 is 3.32. The molecule has 1 aliphatic rings. The molecule has 0 N–H and O–H groups in total. The van der Waals surface area contributed by atoms with Crippen LogP contribution in [0.4, 0.5) is 0 Å². The van der Waals surface area contributed by atoms with Gasteiger partial charge in [0.1, 0.15) is 0 Å². The minimum absolute atomic E-state index is 0.0216. The molecule has 1 amide bonds. The van der Waals surface area contributed by atoms with Crippen molar-refractivity contribution in [3.63, 3.8) is 0 Å². The summed E-state index contributed by atoms with van der Waals surface area (Å²) in [7, 11) is 0. The SMILES string of the molecule is CC1CN(C(=O)/C=C/C(=O)c2ccc(Br)cc2)CC(C)O1. The molecule has 1 aromatic rings. The van der Waals surface area contributed by atoms with Crippen molar-refractivity contribution < 1.29 is 14.3 Å². The smallest absolute Gasteiger partial charge is 0.246 e.